The summed E-state index contributed by atoms with van der Waals surface area (Å²) in [6.07, 6.45) is 1.76. The second-order valence-corrected chi connectivity index (χ2v) is 8.74. The summed E-state index contributed by atoms with van der Waals surface area (Å²) in [5, 5.41) is 12.1. The standard InChI is InChI=1S/C23H23FN2O4S/c24-19-7-13-22(14-8-19)31(29,30)26-20-9-3-18(4-10-20)16-23(28)25-15-1-2-17-5-11-21(27)12-6-17/h3-14,26-27H,1-2,15-16H2,(H,25,28). The number of phenolic OH excluding ortho intramolecular Hbond substituents is 1. The van der Waals surface area contributed by atoms with Gasteiger partial charge in [-0.3, -0.25) is 9.52 Å². The highest BCUT2D eigenvalue weighted by molar-refractivity contribution is 7.92. The second-order valence-electron chi connectivity index (χ2n) is 7.05. The van der Waals surface area contributed by atoms with Gasteiger partial charge >= 0.3 is 0 Å². The normalized spacial score (nSPS) is 11.1. The molecule has 0 saturated carbocycles. The molecule has 0 saturated heterocycles. The largest absolute Gasteiger partial charge is 0.508 e. The molecular weight excluding hydrogens is 419 g/mol. The summed E-state index contributed by atoms with van der Waals surface area (Å²) in [5.41, 5.74) is 2.19. The van der Waals surface area contributed by atoms with Gasteiger partial charge in [-0.25, -0.2) is 12.8 Å². The molecule has 0 fully saturated rings. The lowest BCUT2D eigenvalue weighted by molar-refractivity contribution is -0.120. The molecule has 3 aromatic rings. The number of carbonyl (C=O) groups excluding carboxylic acids is 1. The van der Waals surface area contributed by atoms with Gasteiger partial charge in [0, 0.05) is 12.2 Å². The van der Waals surface area contributed by atoms with Crippen molar-refractivity contribution in [3.63, 3.8) is 0 Å². The number of carbonyl (C=O) groups is 1. The van der Waals surface area contributed by atoms with Gasteiger partial charge in [-0.2, -0.15) is 0 Å². The van der Waals surface area contributed by atoms with Crippen LogP contribution in [-0.2, 0) is 27.7 Å². The fraction of sp³-hybridized carbons (Fsp3) is 0.174. The summed E-state index contributed by atoms with van der Waals surface area (Å²) in [4.78, 5) is 12.1. The number of hydrogen-bond acceptors (Lipinski definition) is 4. The topological polar surface area (TPSA) is 95.5 Å². The van der Waals surface area contributed by atoms with Crippen LogP contribution in [0.5, 0.6) is 5.75 Å². The average Bonchev–Trinajstić information content (AvgIpc) is 2.74. The van der Waals surface area contributed by atoms with Crippen LogP contribution in [0.1, 0.15) is 17.5 Å². The third-order valence-electron chi connectivity index (χ3n) is 4.60. The van der Waals surface area contributed by atoms with E-state index in [-0.39, 0.29) is 23.0 Å². The highest BCUT2D eigenvalue weighted by atomic mass is 32.2. The van der Waals surface area contributed by atoms with E-state index in [0.29, 0.717) is 12.2 Å². The van der Waals surface area contributed by atoms with Crippen molar-refractivity contribution in [2.75, 3.05) is 11.3 Å². The Kier molecular flexibility index (Phi) is 7.25. The molecule has 3 aromatic carbocycles. The van der Waals surface area contributed by atoms with Crippen LogP contribution in [-0.4, -0.2) is 26.0 Å². The van der Waals surface area contributed by atoms with E-state index in [0.717, 1.165) is 36.1 Å². The highest BCUT2D eigenvalue weighted by Gasteiger charge is 2.14. The van der Waals surface area contributed by atoms with Gasteiger partial charge in [-0.1, -0.05) is 24.3 Å². The molecule has 6 nitrogen and oxygen atoms in total. The molecule has 0 spiro atoms. The quantitative estimate of drug-likeness (QED) is 0.441. The van der Waals surface area contributed by atoms with Crippen molar-refractivity contribution in [3.8, 4) is 5.75 Å². The van der Waals surface area contributed by atoms with Gasteiger partial charge in [0.1, 0.15) is 11.6 Å². The monoisotopic (exact) mass is 442 g/mol. The van der Waals surface area contributed by atoms with Crippen molar-refractivity contribution in [2.24, 2.45) is 0 Å². The average molecular weight is 443 g/mol. The molecule has 0 bridgehead atoms. The number of aromatic hydroxyl groups is 1. The molecule has 0 aliphatic carbocycles. The van der Waals surface area contributed by atoms with Crippen molar-refractivity contribution in [1.82, 2.24) is 5.32 Å². The molecule has 0 atom stereocenters. The van der Waals surface area contributed by atoms with E-state index in [2.05, 4.69) is 10.0 Å². The molecule has 0 aliphatic rings. The minimum absolute atomic E-state index is 0.0374. The minimum atomic E-state index is -3.82. The van der Waals surface area contributed by atoms with Crippen LogP contribution in [0.25, 0.3) is 0 Å². The van der Waals surface area contributed by atoms with Crippen molar-refractivity contribution >= 4 is 21.6 Å². The maximum atomic E-state index is 13.0. The third kappa shape index (κ3) is 6.82. The third-order valence-corrected chi connectivity index (χ3v) is 5.99. The Morgan fingerprint density at radius 2 is 1.48 bits per heavy atom. The van der Waals surface area contributed by atoms with Crippen molar-refractivity contribution < 1.29 is 22.7 Å². The first kappa shape index (κ1) is 22.3. The van der Waals surface area contributed by atoms with Crippen LogP contribution >= 0.6 is 0 Å². The van der Waals surface area contributed by atoms with Gasteiger partial charge in [-0.05, 0) is 72.5 Å². The maximum Gasteiger partial charge on any atom is 0.261 e. The Balaban J connectivity index is 1.45. The highest BCUT2D eigenvalue weighted by Crippen LogP contribution is 2.17. The molecule has 1 amide bonds. The number of anilines is 1. The lowest BCUT2D eigenvalue weighted by Gasteiger charge is -2.09. The molecular formula is C23H23FN2O4S. The molecule has 0 heterocycles. The van der Waals surface area contributed by atoms with Gasteiger partial charge in [0.25, 0.3) is 10.0 Å². The molecule has 3 rings (SSSR count). The van der Waals surface area contributed by atoms with Gasteiger partial charge in [0.15, 0.2) is 0 Å². The Morgan fingerprint density at radius 3 is 2.13 bits per heavy atom. The SMILES string of the molecule is O=C(Cc1ccc(NS(=O)(=O)c2ccc(F)cc2)cc1)NCCCc1ccc(O)cc1. The Hall–Kier alpha value is -3.39. The first-order valence-electron chi connectivity index (χ1n) is 9.74. The first-order chi connectivity index (χ1) is 14.8. The number of aryl methyl sites for hydroxylation is 1. The van der Waals surface area contributed by atoms with Crippen LogP contribution in [0.4, 0.5) is 10.1 Å². The Morgan fingerprint density at radius 1 is 0.871 bits per heavy atom. The number of amides is 1. The summed E-state index contributed by atoms with van der Waals surface area (Å²) in [7, 11) is -3.82. The number of sulfonamides is 1. The number of hydrogen-bond donors (Lipinski definition) is 3. The molecule has 0 unspecified atom stereocenters. The fourth-order valence-electron chi connectivity index (χ4n) is 2.95. The zero-order valence-electron chi connectivity index (χ0n) is 16.7. The molecule has 162 valence electrons. The molecule has 8 heteroatoms. The van der Waals surface area contributed by atoms with E-state index in [1.165, 1.54) is 12.1 Å². The first-order valence-corrected chi connectivity index (χ1v) is 11.2. The molecule has 0 aromatic heterocycles. The fourth-order valence-corrected chi connectivity index (χ4v) is 4.01. The molecule has 0 radical (unpaired) electrons. The number of phenols is 1. The zero-order valence-corrected chi connectivity index (χ0v) is 17.5. The van der Waals surface area contributed by atoms with E-state index in [1.807, 2.05) is 12.1 Å². The van der Waals surface area contributed by atoms with Crippen molar-refractivity contribution in [1.29, 1.82) is 0 Å². The predicted molar refractivity (Wildman–Crippen MR) is 117 cm³/mol. The summed E-state index contributed by atoms with van der Waals surface area (Å²) < 4.78 is 40.1. The van der Waals surface area contributed by atoms with Gasteiger partial charge < -0.3 is 10.4 Å². The number of nitrogens with one attached hydrogen (secondary N) is 2. The second kappa shape index (κ2) is 10.1. The molecule has 3 N–H and O–H groups in total. The van der Waals surface area contributed by atoms with Gasteiger partial charge in [0.05, 0.1) is 11.3 Å². The van der Waals surface area contributed by atoms with Crippen molar-refractivity contribution in [2.45, 2.75) is 24.2 Å². The van der Waals surface area contributed by atoms with Crippen LogP contribution in [0.3, 0.4) is 0 Å². The minimum Gasteiger partial charge on any atom is -0.508 e. The van der Waals surface area contributed by atoms with Crippen LogP contribution in [0, 0.1) is 5.82 Å². The van der Waals surface area contributed by atoms with Crippen LogP contribution in [0.2, 0.25) is 0 Å². The van der Waals surface area contributed by atoms with E-state index < -0.39 is 15.8 Å². The van der Waals surface area contributed by atoms with E-state index in [1.54, 1.807) is 36.4 Å². The predicted octanol–water partition coefficient (Wildman–Crippen LogP) is 3.62. The zero-order chi connectivity index (χ0) is 22.3. The van der Waals surface area contributed by atoms with Crippen LogP contribution < -0.4 is 10.0 Å². The smallest absolute Gasteiger partial charge is 0.261 e. The molecule has 0 aliphatic heterocycles. The van der Waals surface area contributed by atoms with Gasteiger partial charge in [-0.15, -0.1) is 0 Å². The summed E-state index contributed by atoms with van der Waals surface area (Å²) >= 11 is 0. The lowest BCUT2D eigenvalue weighted by Crippen LogP contribution is -2.26. The van der Waals surface area contributed by atoms with Crippen LogP contribution in [0.15, 0.2) is 77.7 Å². The lowest BCUT2D eigenvalue weighted by atomic mass is 10.1. The molecule has 31 heavy (non-hydrogen) atoms. The number of halogens is 1. The number of benzene rings is 3. The summed E-state index contributed by atoms with van der Waals surface area (Å²) in [5.74, 6) is -0.404. The van der Waals surface area contributed by atoms with E-state index in [9.17, 15) is 22.7 Å². The van der Waals surface area contributed by atoms with E-state index >= 15 is 0 Å². The summed E-state index contributed by atoms with van der Waals surface area (Å²) in [6.45, 7) is 0.537. The maximum absolute atomic E-state index is 13.0. The van der Waals surface area contributed by atoms with Crippen molar-refractivity contribution in [3.05, 3.63) is 89.7 Å². The van der Waals surface area contributed by atoms with E-state index in [4.69, 9.17) is 0 Å². The Labute approximate surface area is 180 Å². The number of rotatable bonds is 9. The van der Waals surface area contributed by atoms with Gasteiger partial charge in [0.2, 0.25) is 5.91 Å². The summed E-state index contributed by atoms with van der Waals surface area (Å²) in [6, 6.07) is 18.0. The Bertz CT molecular complexity index is 1110.